The van der Waals surface area contributed by atoms with Crippen molar-refractivity contribution in [2.24, 2.45) is 0 Å². The maximum absolute atomic E-state index is 12.9. The Morgan fingerprint density at radius 2 is 1.68 bits per heavy atom. The van der Waals surface area contributed by atoms with Gasteiger partial charge in [0, 0.05) is 50.1 Å². The molecular formula is C25H21Cl2N3O4. The number of rotatable bonds is 6. The lowest BCUT2D eigenvalue weighted by Gasteiger charge is -2.12. The van der Waals surface area contributed by atoms with E-state index in [4.69, 9.17) is 27.9 Å². The van der Waals surface area contributed by atoms with Crippen LogP contribution in [0.4, 0.5) is 0 Å². The van der Waals surface area contributed by atoms with Crippen molar-refractivity contribution >= 4 is 56.8 Å². The minimum absolute atomic E-state index is 0.0463. The van der Waals surface area contributed by atoms with Crippen molar-refractivity contribution in [3.63, 3.8) is 0 Å². The van der Waals surface area contributed by atoms with Crippen LogP contribution in [0, 0.1) is 0 Å². The fourth-order valence-electron chi connectivity index (χ4n) is 4.41. The average Bonchev–Trinajstić information content (AvgIpc) is 3.26. The predicted octanol–water partition coefficient (Wildman–Crippen LogP) is 5.21. The molecule has 2 amide bonds. The number of aromatic amines is 1. The van der Waals surface area contributed by atoms with Crippen LogP contribution < -0.4 is 10.1 Å². The first-order valence-electron chi connectivity index (χ1n) is 10.7. The molecule has 0 spiro atoms. The van der Waals surface area contributed by atoms with Gasteiger partial charge in [-0.3, -0.25) is 14.9 Å². The van der Waals surface area contributed by atoms with Crippen molar-refractivity contribution in [3.05, 3.63) is 57.6 Å². The minimum atomic E-state index is -0.521. The summed E-state index contributed by atoms with van der Waals surface area (Å²) in [6, 6.07) is 10.1. The van der Waals surface area contributed by atoms with Crippen molar-refractivity contribution in [2.75, 3.05) is 27.2 Å². The molecule has 0 saturated carbocycles. The Labute approximate surface area is 205 Å². The van der Waals surface area contributed by atoms with Gasteiger partial charge >= 0.3 is 0 Å². The first kappa shape index (κ1) is 22.5. The standard InChI is InChI=1S/C25H21Cl2N3O4/c1-30(2)7-4-8-34-19-11-16-12(10-18(19)31)21-17(28-16)9-13(20-14(26)5-3-6-15(20)27)22-23(21)25(33)29-24(22)32/h3,5-6,9-11,28,31H,4,7-8H2,1-2H3,(H,29,32,33). The monoisotopic (exact) mass is 497 g/mol. The molecule has 1 aliphatic rings. The molecule has 1 aliphatic heterocycles. The molecule has 9 heteroatoms. The number of imide groups is 1. The summed E-state index contributed by atoms with van der Waals surface area (Å²) >= 11 is 12.9. The minimum Gasteiger partial charge on any atom is -0.504 e. The molecule has 0 aliphatic carbocycles. The van der Waals surface area contributed by atoms with E-state index in [0.717, 1.165) is 13.0 Å². The van der Waals surface area contributed by atoms with Gasteiger partial charge in [0.2, 0.25) is 0 Å². The summed E-state index contributed by atoms with van der Waals surface area (Å²) in [5, 5.41) is 14.9. The van der Waals surface area contributed by atoms with E-state index < -0.39 is 11.8 Å². The third-order valence-electron chi connectivity index (χ3n) is 5.89. The van der Waals surface area contributed by atoms with Crippen molar-refractivity contribution < 1.29 is 19.4 Å². The number of halogens is 2. The van der Waals surface area contributed by atoms with Crippen LogP contribution in [-0.4, -0.2) is 54.1 Å². The van der Waals surface area contributed by atoms with Crippen LogP contribution in [0.15, 0.2) is 36.4 Å². The highest BCUT2D eigenvalue weighted by atomic mass is 35.5. The van der Waals surface area contributed by atoms with E-state index >= 15 is 0 Å². The van der Waals surface area contributed by atoms with Crippen LogP contribution >= 0.6 is 23.2 Å². The number of fused-ring (bicyclic) bond motifs is 5. The van der Waals surface area contributed by atoms with Gasteiger partial charge in [0.05, 0.1) is 23.3 Å². The highest BCUT2D eigenvalue weighted by Gasteiger charge is 2.34. The van der Waals surface area contributed by atoms with Crippen LogP contribution in [0.2, 0.25) is 10.0 Å². The normalized spacial score (nSPS) is 13.2. The Balaban J connectivity index is 1.71. The molecule has 34 heavy (non-hydrogen) atoms. The lowest BCUT2D eigenvalue weighted by atomic mass is 9.93. The van der Waals surface area contributed by atoms with Gasteiger partial charge in [-0.05, 0) is 44.8 Å². The Kier molecular flexibility index (Phi) is 5.64. The summed E-state index contributed by atoms with van der Waals surface area (Å²) < 4.78 is 5.78. The van der Waals surface area contributed by atoms with Crippen molar-refractivity contribution in [3.8, 4) is 22.6 Å². The summed E-state index contributed by atoms with van der Waals surface area (Å²) in [5.41, 5.74) is 2.62. The van der Waals surface area contributed by atoms with Crippen molar-refractivity contribution in [1.82, 2.24) is 15.2 Å². The topological polar surface area (TPSA) is 94.7 Å². The number of aromatic hydroxyl groups is 1. The number of phenols is 1. The molecule has 174 valence electrons. The van der Waals surface area contributed by atoms with Gasteiger partial charge in [0.15, 0.2) is 11.5 Å². The number of nitrogens with zero attached hydrogens (tertiary/aromatic N) is 1. The third-order valence-corrected chi connectivity index (χ3v) is 6.52. The van der Waals surface area contributed by atoms with Crippen molar-refractivity contribution in [2.45, 2.75) is 6.42 Å². The average molecular weight is 498 g/mol. The van der Waals surface area contributed by atoms with E-state index in [2.05, 4.69) is 15.2 Å². The van der Waals surface area contributed by atoms with E-state index in [9.17, 15) is 14.7 Å². The molecule has 0 radical (unpaired) electrons. The largest absolute Gasteiger partial charge is 0.504 e. The number of carbonyl (C=O) groups is 2. The number of benzene rings is 3. The molecule has 5 rings (SSSR count). The van der Waals surface area contributed by atoms with E-state index in [1.54, 1.807) is 36.4 Å². The summed E-state index contributed by atoms with van der Waals surface area (Å²) in [4.78, 5) is 31.0. The highest BCUT2D eigenvalue weighted by Crippen LogP contribution is 2.44. The molecule has 0 saturated heterocycles. The number of amides is 2. The zero-order valence-electron chi connectivity index (χ0n) is 18.5. The van der Waals surface area contributed by atoms with Gasteiger partial charge < -0.3 is 19.7 Å². The zero-order valence-corrected chi connectivity index (χ0v) is 20.0. The molecular weight excluding hydrogens is 477 g/mol. The quantitative estimate of drug-likeness (QED) is 0.251. The Bertz CT molecular complexity index is 1470. The molecule has 1 aromatic heterocycles. The second-order valence-corrected chi connectivity index (χ2v) is 9.29. The second-order valence-electron chi connectivity index (χ2n) is 8.47. The number of aromatic nitrogens is 1. The SMILES string of the molecule is CN(C)CCCOc1cc2[nH]c3cc(-c4c(Cl)cccc4Cl)c4c(c3c2cc1O)C(=O)NC4=O. The first-order valence-corrected chi connectivity index (χ1v) is 11.4. The third kappa shape index (κ3) is 3.66. The van der Waals surface area contributed by atoms with Gasteiger partial charge in [-0.15, -0.1) is 0 Å². The lowest BCUT2D eigenvalue weighted by molar-refractivity contribution is 0.0880. The Morgan fingerprint density at radius 1 is 0.971 bits per heavy atom. The van der Waals surface area contributed by atoms with Gasteiger partial charge in [0.25, 0.3) is 11.8 Å². The zero-order chi connectivity index (χ0) is 24.1. The fourth-order valence-corrected chi connectivity index (χ4v) is 5.01. The van der Waals surface area contributed by atoms with Crippen LogP contribution in [0.5, 0.6) is 11.5 Å². The summed E-state index contributed by atoms with van der Waals surface area (Å²) in [5.74, 6) is -0.744. The van der Waals surface area contributed by atoms with Gasteiger partial charge in [0.1, 0.15) is 0 Å². The molecule has 0 unspecified atom stereocenters. The molecule has 0 fully saturated rings. The Hall–Kier alpha value is -3.26. The number of ether oxygens (including phenoxy) is 1. The van der Waals surface area contributed by atoms with E-state index in [1.807, 2.05) is 14.1 Å². The molecule has 7 nitrogen and oxygen atoms in total. The number of nitrogens with one attached hydrogen (secondary N) is 2. The van der Waals surface area contributed by atoms with Crippen LogP contribution in [-0.2, 0) is 0 Å². The number of H-pyrrole nitrogens is 1. The van der Waals surface area contributed by atoms with Crippen LogP contribution in [0.1, 0.15) is 27.1 Å². The van der Waals surface area contributed by atoms with E-state index in [-0.39, 0.29) is 16.9 Å². The summed E-state index contributed by atoms with van der Waals surface area (Å²) in [6.45, 7) is 1.30. The molecule has 0 bridgehead atoms. The van der Waals surface area contributed by atoms with Crippen molar-refractivity contribution in [1.29, 1.82) is 0 Å². The fraction of sp³-hybridized carbons (Fsp3) is 0.200. The number of carbonyl (C=O) groups excluding carboxylic acids is 2. The van der Waals surface area contributed by atoms with Crippen LogP contribution in [0.25, 0.3) is 32.9 Å². The first-order chi connectivity index (χ1) is 16.3. The summed E-state index contributed by atoms with van der Waals surface area (Å²) in [6.07, 6.45) is 0.801. The van der Waals surface area contributed by atoms with Gasteiger partial charge in [-0.25, -0.2) is 0 Å². The molecule has 3 aromatic carbocycles. The maximum atomic E-state index is 12.9. The van der Waals surface area contributed by atoms with Crippen LogP contribution in [0.3, 0.4) is 0 Å². The molecule has 2 heterocycles. The molecule has 3 N–H and O–H groups in total. The van der Waals surface area contributed by atoms with E-state index in [0.29, 0.717) is 55.3 Å². The van der Waals surface area contributed by atoms with E-state index in [1.165, 1.54) is 0 Å². The predicted molar refractivity (Wildman–Crippen MR) is 133 cm³/mol. The smallest absolute Gasteiger partial charge is 0.259 e. The molecule has 4 aromatic rings. The number of hydrogen-bond donors (Lipinski definition) is 3. The summed E-state index contributed by atoms with van der Waals surface area (Å²) in [7, 11) is 3.97. The number of hydrogen-bond acceptors (Lipinski definition) is 5. The second kappa shape index (κ2) is 8.51. The Morgan fingerprint density at radius 3 is 2.38 bits per heavy atom. The molecule has 0 atom stereocenters. The maximum Gasteiger partial charge on any atom is 0.259 e. The lowest BCUT2D eigenvalue weighted by Crippen LogP contribution is -2.20. The van der Waals surface area contributed by atoms with Gasteiger partial charge in [-0.1, -0.05) is 29.3 Å². The number of phenolic OH excluding ortho intramolecular Hbond substituents is 1. The van der Waals surface area contributed by atoms with Gasteiger partial charge in [-0.2, -0.15) is 0 Å². The highest BCUT2D eigenvalue weighted by molar-refractivity contribution is 6.41.